The topological polar surface area (TPSA) is 97.4 Å². The summed E-state index contributed by atoms with van der Waals surface area (Å²) in [4.78, 5) is 62.4. The normalized spacial score (nSPS) is 15.5. The first-order valence-electron chi connectivity index (χ1n) is 11.8. The van der Waals surface area contributed by atoms with Crippen molar-refractivity contribution in [1.82, 2.24) is 0 Å². The van der Waals surface area contributed by atoms with Crippen LogP contribution in [0, 0.1) is 11.8 Å². The first-order valence-corrected chi connectivity index (χ1v) is 11.8. The van der Waals surface area contributed by atoms with Crippen LogP contribution in [0.4, 0.5) is 5.69 Å². The number of carbonyl (C=O) groups is 5. The van der Waals surface area contributed by atoms with Crippen LogP contribution in [-0.2, 0) is 14.4 Å². The van der Waals surface area contributed by atoms with Crippen LogP contribution in [0.1, 0.15) is 107 Å². The van der Waals surface area contributed by atoms with Crippen molar-refractivity contribution < 1.29 is 24.0 Å². The smallest absolute Gasteiger partial charge is 0.224 e. The van der Waals surface area contributed by atoms with Gasteiger partial charge in [-0.15, -0.1) is 0 Å². The number of unbranched alkanes of at least 4 members (excludes halogenated alkanes) is 3. The maximum Gasteiger partial charge on any atom is 0.224 e. The molecule has 32 heavy (non-hydrogen) atoms. The number of rotatable bonds is 12. The maximum atomic E-state index is 13.2. The Morgan fingerprint density at radius 2 is 1.66 bits per heavy atom. The molecule has 1 aliphatic rings. The molecule has 0 spiro atoms. The van der Waals surface area contributed by atoms with Gasteiger partial charge in [-0.1, -0.05) is 59.1 Å². The Bertz CT molecular complexity index is 843. The average molecular weight is 444 g/mol. The number of amides is 1. The lowest BCUT2D eigenvalue weighted by Gasteiger charge is -2.18. The maximum absolute atomic E-state index is 13.2. The molecule has 1 amide bonds. The molecule has 0 bridgehead atoms. The van der Waals surface area contributed by atoms with Crippen molar-refractivity contribution in [3.05, 3.63) is 29.3 Å². The number of benzene rings is 1. The van der Waals surface area contributed by atoms with Crippen molar-refractivity contribution in [2.45, 2.75) is 86.0 Å². The quantitative estimate of drug-likeness (QED) is 0.336. The van der Waals surface area contributed by atoms with Gasteiger partial charge in [-0.25, -0.2) is 0 Å². The molecule has 176 valence electrons. The molecular formula is C26H37NO5. The van der Waals surface area contributed by atoms with E-state index >= 15 is 0 Å². The molecular weight excluding hydrogens is 406 g/mol. The number of ketones is 4. The third kappa shape index (κ3) is 6.94. The van der Waals surface area contributed by atoms with Gasteiger partial charge in [0.05, 0.1) is 17.2 Å². The molecule has 2 atom stereocenters. The average Bonchev–Trinajstić information content (AvgIpc) is 3.04. The highest BCUT2D eigenvalue weighted by molar-refractivity contribution is 6.30. The highest BCUT2D eigenvalue weighted by atomic mass is 16.2. The Labute approximate surface area is 191 Å². The predicted molar refractivity (Wildman–Crippen MR) is 126 cm³/mol. The van der Waals surface area contributed by atoms with E-state index in [0.29, 0.717) is 18.5 Å². The minimum Gasteiger partial charge on any atom is -0.325 e. The Hall–Kier alpha value is -2.63. The van der Waals surface area contributed by atoms with E-state index < -0.39 is 23.4 Å². The largest absolute Gasteiger partial charge is 0.325 e. The van der Waals surface area contributed by atoms with Gasteiger partial charge in [-0.3, -0.25) is 24.0 Å². The van der Waals surface area contributed by atoms with E-state index in [1.165, 1.54) is 6.92 Å². The molecule has 0 saturated heterocycles. The van der Waals surface area contributed by atoms with Gasteiger partial charge in [0.25, 0.3) is 0 Å². The van der Waals surface area contributed by atoms with Gasteiger partial charge in [0.2, 0.25) is 5.91 Å². The van der Waals surface area contributed by atoms with E-state index in [1.807, 2.05) is 13.8 Å². The van der Waals surface area contributed by atoms with Crippen molar-refractivity contribution in [2.75, 3.05) is 5.32 Å². The van der Waals surface area contributed by atoms with Gasteiger partial charge in [-0.2, -0.15) is 0 Å². The SMILES string of the molecule is CC.CCCCCCC(=O)Nc1cccc2c1C(=O)C(C(CCC(=O)CC)C(C)=O)C2=O. The third-order valence-electron chi connectivity index (χ3n) is 5.73. The molecule has 1 aromatic rings. The first-order chi connectivity index (χ1) is 15.3. The lowest BCUT2D eigenvalue weighted by Crippen LogP contribution is -2.31. The van der Waals surface area contributed by atoms with E-state index in [9.17, 15) is 24.0 Å². The monoisotopic (exact) mass is 443 g/mol. The van der Waals surface area contributed by atoms with Crippen LogP contribution in [0.15, 0.2) is 18.2 Å². The molecule has 0 saturated carbocycles. The number of anilines is 1. The second kappa shape index (κ2) is 13.7. The van der Waals surface area contributed by atoms with E-state index in [4.69, 9.17) is 0 Å². The second-order valence-electron chi connectivity index (χ2n) is 7.94. The lowest BCUT2D eigenvalue weighted by atomic mass is 9.81. The number of carbonyl (C=O) groups excluding carboxylic acids is 5. The van der Waals surface area contributed by atoms with E-state index in [1.54, 1.807) is 25.1 Å². The van der Waals surface area contributed by atoms with Crippen LogP contribution in [-0.4, -0.2) is 29.0 Å². The second-order valence-corrected chi connectivity index (χ2v) is 7.94. The molecule has 6 nitrogen and oxygen atoms in total. The van der Waals surface area contributed by atoms with Crippen molar-refractivity contribution in [1.29, 1.82) is 0 Å². The Balaban J connectivity index is 0.00000249. The van der Waals surface area contributed by atoms with Crippen LogP contribution in [0.5, 0.6) is 0 Å². The third-order valence-corrected chi connectivity index (χ3v) is 5.73. The standard InChI is InChI=1S/C24H31NO5.C2H6/c1-4-6-7-8-12-20(28)25-19-11-9-10-18-21(19)24(30)22(23(18)29)17(15(3)26)14-13-16(27)5-2;1-2/h9-11,17,22H,4-8,12-14H2,1-3H3,(H,25,28);1-2H3. The summed E-state index contributed by atoms with van der Waals surface area (Å²) in [6.45, 7) is 9.19. The molecule has 1 aliphatic carbocycles. The molecule has 0 fully saturated rings. The molecule has 2 unspecified atom stereocenters. The van der Waals surface area contributed by atoms with Crippen LogP contribution >= 0.6 is 0 Å². The van der Waals surface area contributed by atoms with Crippen LogP contribution in [0.2, 0.25) is 0 Å². The fraction of sp³-hybridized carbons (Fsp3) is 0.577. The van der Waals surface area contributed by atoms with Gasteiger partial charge in [0, 0.05) is 30.7 Å². The Kier molecular flexibility index (Phi) is 11.7. The summed E-state index contributed by atoms with van der Waals surface area (Å²) in [5, 5.41) is 2.77. The molecule has 0 radical (unpaired) electrons. The number of hydrogen-bond acceptors (Lipinski definition) is 5. The summed E-state index contributed by atoms with van der Waals surface area (Å²) in [5.74, 6) is -3.28. The van der Waals surface area contributed by atoms with Gasteiger partial charge < -0.3 is 5.32 Å². The van der Waals surface area contributed by atoms with Gasteiger partial charge >= 0.3 is 0 Å². The number of fused-ring (bicyclic) bond motifs is 1. The summed E-state index contributed by atoms with van der Waals surface area (Å²) in [6, 6.07) is 4.79. The highest BCUT2D eigenvalue weighted by Crippen LogP contribution is 2.38. The Morgan fingerprint density at radius 1 is 0.969 bits per heavy atom. The Morgan fingerprint density at radius 3 is 2.25 bits per heavy atom. The summed E-state index contributed by atoms with van der Waals surface area (Å²) < 4.78 is 0. The van der Waals surface area contributed by atoms with Gasteiger partial charge in [0.1, 0.15) is 11.6 Å². The molecule has 1 aromatic carbocycles. The van der Waals surface area contributed by atoms with Crippen molar-refractivity contribution in [2.24, 2.45) is 11.8 Å². The van der Waals surface area contributed by atoms with Crippen molar-refractivity contribution in [3.8, 4) is 0 Å². The van der Waals surface area contributed by atoms with E-state index in [2.05, 4.69) is 12.2 Å². The fourth-order valence-corrected chi connectivity index (χ4v) is 3.96. The van der Waals surface area contributed by atoms with Gasteiger partial charge in [-0.05, 0) is 25.8 Å². The number of Topliss-reactive ketones (excluding diaryl/α,β-unsaturated/α-hetero) is 4. The molecule has 6 heteroatoms. The van der Waals surface area contributed by atoms with Crippen molar-refractivity contribution >= 4 is 34.7 Å². The van der Waals surface area contributed by atoms with E-state index in [-0.39, 0.29) is 41.4 Å². The molecule has 1 N–H and O–H groups in total. The molecule has 0 aromatic heterocycles. The summed E-state index contributed by atoms with van der Waals surface area (Å²) >= 11 is 0. The summed E-state index contributed by atoms with van der Waals surface area (Å²) in [7, 11) is 0. The van der Waals surface area contributed by atoms with Gasteiger partial charge in [0.15, 0.2) is 11.6 Å². The zero-order chi connectivity index (χ0) is 24.3. The van der Waals surface area contributed by atoms with E-state index in [0.717, 1.165) is 25.7 Å². The zero-order valence-corrected chi connectivity index (χ0v) is 20.1. The fourth-order valence-electron chi connectivity index (χ4n) is 3.96. The minimum atomic E-state index is -1.12. The number of nitrogens with one attached hydrogen (secondary N) is 1. The van der Waals surface area contributed by atoms with Crippen LogP contribution < -0.4 is 5.32 Å². The van der Waals surface area contributed by atoms with Crippen LogP contribution in [0.25, 0.3) is 0 Å². The molecule has 0 aliphatic heterocycles. The lowest BCUT2D eigenvalue weighted by molar-refractivity contribution is -0.123. The summed E-state index contributed by atoms with van der Waals surface area (Å²) in [5.41, 5.74) is 0.741. The number of hydrogen-bond donors (Lipinski definition) is 1. The van der Waals surface area contributed by atoms with Crippen LogP contribution in [0.3, 0.4) is 0 Å². The highest BCUT2D eigenvalue weighted by Gasteiger charge is 2.46. The minimum absolute atomic E-state index is 0.00677. The zero-order valence-electron chi connectivity index (χ0n) is 20.1. The molecule has 2 rings (SSSR count). The predicted octanol–water partition coefficient (Wildman–Crippen LogP) is 5.58. The first kappa shape index (κ1) is 27.4. The summed E-state index contributed by atoms with van der Waals surface area (Å²) in [6.07, 6.45) is 4.92. The molecule has 0 heterocycles. The van der Waals surface area contributed by atoms with Crippen molar-refractivity contribution in [3.63, 3.8) is 0 Å².